The van der Waals surface area contributed by atoms with E-state index in [1.54, 1.807) is 33.5 Å². The molecule has 0 bridgehead atoms. The fourth-order valence-electron chi connectivity index (χ4n) is 2.47. The molecular formula is C18H24N2O4S. The van der Waals surface area contributed by atoms with Crippen molar-refractivity contribution >= 4 is 17.2 Å². The molecule has 2 rings (SSSR count). The molecule has 0 saturated heterocycles. The third kappa shape index (κ3) is 4.42. The molecule has 1 aromatic carbocycles. The molecule has 0 spiro atoms. The first-order valence-electron chi connectivity index (χ1n) is 8.07. The van der Waals surface area contributed by atoms with Gasteiger partial charge in [0.2, 0.25) is 0 Å². The number of carbonyl (C=O) groups excluding carboxylic acids is 1. The van der Waals surface area contributed by atoms with Crippen molar-refractivity contribution in [1.82, 2.24) is 10.3 Å². The van der Waals surface area contributed by atoms with Crippen LogP contribution in [0.5, 0.6) is 17.2 Å². The summed E-state index contributed by atoms with van der Waals surface area (Å²) in [7, 11) is 4.72. The van der Waals surface area contributed by atoms with Gasteiger partial charge in [-0.25, -0.2) is 4.98 Å². The van der Waals surface area contributed by atoms with Crippen LogP contribution in [0.1, 0.15) is 39.3 Å². The van der Waals surface area contributed by atoms with Crippen LogP contribution in [-0.2, 0) is 13.0 Å². The highest BCUT2D eigenvalue weighted by molar-refractivity contribution is 7.13. The second kappa shape index (κ2) is 8.71. The van der Waals surface area contributed by atoms with Crippen molar-refractivity contribution in [3.05, 3.63) is 33.3 Å². The van der Waals surface area contributed by atoms with Gasteiger partial charge in [-0.1, -0.05) is 6.92 Å². The first-order chi connectivity index (χ1) is 12.0. The summed E-state index contributed by atoms with van der Waals surface area (Å²) in [5.41, 5.74) is 1.58. The zero-order chi connectivity index (χ0) is 18.4. The van der Waals surface area contributed by atoms with E-state index >= 15 is 0 Å². The number of aryl methyl sites for hydroxylation is 2. The van der Waals surface area contributed by atoms with Gasteiger partial charge in [0.1, 0.15) is 10.6 Å². The quantitative estimate of drug-likeness (QED) is 0.778. The first kappa shape index (κ1) is 19.1. The van der Waals surface area contributed by atoms with E-state index in [0.29, 0.717) is 28.7 Å². The van der Waals surface area contributed by atoms with E-state index in [2.05, 4.69) is 17.2 Å². The third-order valence-electron chi connectivity index (χ3n) is 3.74. The van der Waals surface area contributed by atoms with Gasteiger partial charge in [-0.05, 0) is 25.8 Å². The smallest absolute Gasteiger partial charge is 0.263 e. The molecule has 1 heterocycles. The van der Waals surface area contributed by atoms with Crippen molar-refractivity contribution in [3.8, 4) is 17.2 Å². The van der Waals surface area contributed by atoms with Crippen LogP contribution in [-0.4, -0.2) is 32.2 Å². The van der Waals surface area contributed by atoms with Crippen molar-refractivity contribution in [2.75, 3.05) is 21.3 Å². The maximum absolute atomic E-state index is 12.5. The highest BCUT2D eigenvalue weighted by atomic mass is 32.1. The van der Waals surface area contributed by atoms with E-state index in [9.17, 15) is 4.79 Å². The van der Waals surface area contributed by atoms with Crippen LogP contribution in [0.15, 0.2) is 12.1 Å². The Morgan fingerprint density at radius 1 is 1.12 bits per heavy atom. The standard InChI is InChI=1S/C18H24N2O4S/c1-6-7-16-20-11(2)17(25-16)18(21)19-10-12-8-14(23-4)15(24-5)9-13(12)22-3/h8-9H,6-7,10H2,1-5H3,(H,19,21). The predicted molar refractivity (Wildman–Crippen MR) is 98.1 cm³/mol. The maximum atomic E-state index is 12.5. The number of ether oxygens (including phenoxy) is 3. The van der Waals surface area contributed by atoms with Gasteiger partial charge in [-0.2, -0.15) is 0 Å². The van der Waals surface area contributed by atoms with Gasteiger partial charge >= 0.3 is 0 Å². The lowest BCUT2D eigenvalue weighted by molar-refractivity contribution is 0.0954. The SMILES string of the molecule is CCCc1nc(C)c(C(=O)NCc2cc(OC)c(OC)cc2OC)s1. The number of thiazole rings is 1. The van der Waals surface area contributed by atoms with Crippen molar-refractivity contribution in [3.63, 3.8) is 0 Å². The number of aromatic nitrogens is 1. The van der Waals surface area contributed by atoms with Gasteiger partial charge in [-0.15, -0.1) is 11.3 Å². The number of carbonyl (C=O) groups is 1. The van der Waals surface area contributed by atoms with Gasteiger partial charge in [0, 0.05) is 18.2 Å². The molecule has 0 aliphatic rings. The number of amides is 1. The Hall–Kier alpha value is -2.28. The third-order valence-corrected chi connectivity index (χ3v) is 4.95. The summed E-state index contributed by atoms with van der Waals surface area (Å²) in [6.07, 6.45) is 1.90. The van der Waals surface area contributed by atoms with Crippen LogP contribution in [0.2, 0.25) is 0 Å². The topological polar surface area (TPSA) is 69.7 Å². The van der Waals surface area contributed by atoms with E-state index in [0.717, 1.165) is 29.1 Å². The molecule has 1 amide bonds. The van der Waals surface area contributed by atoms with Crippen molar-refractivity contribution in [2.45, 2.75) is 33.2 Å². The lowest BCUT2D eigenvalue weighted by Crippen LogP contribution is -2.23. The number of hydrogen-bond donors (Lipinski definition) is 1. The van der Waals surface area contributed by atoms with Crippen LogP contribution < -0.4 is 19.5 Å². The predicted octanol–water partition coefficient (Wildman–Crippen LogP) is 3.36. The molecular weight excluding hydrogens is 340 g/mol. The summed E-state index contributed by atoms with van der Waals surface area (Å²) in [6.45, 7) is 4.28. The average Bonchev–Trinajstić information content (AvgIpc) is 2.99. The van der Waals surface area contributed by atoms with Crippen LogP contribution >= 0.6 is 11.3 Å². The van der Waals surface area contributed by atoms with E-state index in [1.807, 2.05) is 6.92 Å². The maximum Gasteiger partial charge on any atom is 0.263 e. The minimum Gasteiger partial charge on any atom is -0.496 e. The monoisotopic (exact) mass is 364 g/mol. The second-order valence-electron chi connectivity index (χ2n) is 5.47. The van der Waals surface area contributed by atoms with E-state index in [1.165, 1.54) is 11.3 Å². The summed E-state index contributed by atoms with van der Waals surface area (Å²) in [4.78, 5) is 17.6. The highest BCUT2D eigenvalue weighted by Crippen LogP contribution is 2.34. The summed E-state index contributed by atoms with van der Waals surface area (Å²) in [5, 5.41) is 3.92. The molecule has 1 N–H and O–H groups in total. The summed E-state index contributed by atoms with van der Waals surface area (Å²) < 4.78 is 16.0. The number of methoxy groups -OCH3 is 3. The van der Waals surface area contributed by atoms with Crippen LogP contribution in [0.4, 0.5) is 0 Å². The summed E-state index contributed by atoms with van der Waals surface area (Å²) in [6, 6.07) is 3.55. The molecule has 0 fully saturated rings. The molecule has 2 aromatic rings. The molecule has 0 unspecified atom stereocenters. The normalized spacial score (nSPS) is 10.4. The van der Waals surface area contributed by atoms with E-state index in [-0.39, 0.29) is 5.91 Å². The number of rotatable bonds is 8. The van der Waals surface area contributed by atoms with Crippen molar-refractivity contribution in [1.29, 1.82) is 0 Å². The molecule has 0 aliphatic carbocycles. The Balaban J connectivity index is 2.16. The number of benzene rings is 1. The zero-order valence-electron chi connectivity index (χ0n) is 15.3. The molecule has 0 radical (unpaired) electrons. The molecule has 25 heavy (non-hydrogen) atoms. The zero-order valence-corrected chi connectivity index (χ0v) is 16.1. The Morgan fingerprint density at radius 2 is 1.76 bits per heavy atom. The average molecular weight is 364 g/mol. The Labute approximate surface area is 152 Å². The minimum atomic E-state index is -0.130. The molecule has 136 valence electrons. The van der Waals surface area contributed by atoms with Crippen molar-refractivity contribution < 1.29 is 19.0 Å². The van der Waals surface area contributed by atoms with Crippen LogP contribution in [0.25, 0.3) is 0 Å². The Kier molecular flexibility index (Phi) is 6.64. The largest absolute Gasteiger partial charge is 0.496 e. The fraction of sp³-hybridized carbons (Fsp3) is 0.444. The van der Waals surface area contributed by atoms with Gasteiger partial charge in [0.05, 0.1) is 32.0 Å². The second-order valence-corrected chi connectivity index (χ2v) is 6.56. The van der Waals surface area contributed by atoms with Crippen molar-refractivity contribution in [2.24, 2.45) is 0 Å². The molecule has 1 aromatic heterocycles. The van der Waals surface area contributed by atoms with Crippen LogP contribution in [0.3, 0.4) is 0 Å². The van der Waals surface area contributed by atoms with Gasteiger partial charge < -0.3 is 19.5 Å². The minimum absolute atomic E-state index is 0.130. The Bertz CT molecular complexity index is 743. The molecule has 0 saturated carbocycles. The number of nitrogens with one attached hydrogen (secondary N) is 1. The molecule has 7 heteroatoms. The van der Waals surface area contributed by atoms with Crippen LogP contribution in [0, 0.1) is 6.92 Å². The van der Waals surface area contributed by atoms with Gasteiger partial charge in [-0.3, -0.25) is 4.79 Å². The van der Waals surface area contributed by atoms with Gasteiger partial charge in [0.25, 0.3) is 5.91 Å². The Morgan fingerprint density at radius 3 is 2.36 bits per heavy atom. The van der Waals surface area contributed by atoms with E-state index in [4.69, 9.17) is 14.2 Å². The lowest BCUT2D eigenvalue weighted by atomic mass is 10.1. The molecule has 0 aliphatic heterocycles. The van der Waals surface area contributed by atoms with Gasteiger partial charge in [0.15, 0.2) is 11.5 Å². The molecule has 6 nitrogen and oxygen atoms in total. The summed E-state index contributed by atoms with van der Waals surface area (Å²) >= 11 is 1.45. The highest BCUT2D eigenvalue weighted by Gasteiger charge is 2.17. The summed E-state index contributed by atoms with van der Waals surface area (Å²) in [5.74, 6) is 1.67. The molecule has 0 atom stereocenters. The first-order valence-corrected chi connectivity index (χ1v) is 8.89. The van der Waals surface area contributed by atoms with E-state index < -0.39 is 0 Å². The number of nitrogens with zero attached hydrogens (tertiary/aromatic N) is 1. The lowest BCUT2D eigenvalue weighted by Gasteiger charge is -2.14. The fourth-order valence-corrected chi connectivity index (χ4v) is 3.55. The number of hydrogen-bond acceptors (Lipinski definition) is 6.